The molecule has 0 atom stereocenters. The molecule has 0 rings (SSSR count). The summed E-state index contributed by atoms with van der Waals surface area (Å²) in [5, 5.41) is 9.14. The van der Waals surface area contributed by atoms with E-state index in [1.54, 1.807) is 0 Å². The molecule has 0 aliphatic carbocycles. The van der Waals surface area contributed by atoms with Crippen molar-refractivity contribution in [1.82, 2.24) is 0 Å². The maximum atomic E-state index is 9.14. The van der Waals surface area contributed by atoms with Crippen molar-refractivity contribution in [3.05, 3.63) is 12.7 Å². The first kappa shape index (κ1) is 15.7. The van der Waals surface area contributed by atoms with Crippen LogP contribution in [-0.2, 0) is 22.2 Å². The van der Waals surface area contributed by atoms with Crippen LogP contribution in [0.2, 0.25) is 0 Å². The third kappa shape index (κ3) is 23.7. The Balaban J connectivity index is -0.0000000800. The number of carbonyl (C=O) groups is 1. The average Bonchev–Trinajstić information content (AvgIpc) is 1.38. The molecule has 0 unspecified atom stereocenters. The van der Waals surface area contributed by atoms with Gasteiger partial charge in [0.25, 0.3) is 0 Å². The van der Waals surface area contributed by atoms with E-state index in [1.807, 2.05) is 0 Å². The molecule has 0 aromatic carbocycles. The Hall–Kier alpha value is 0.0325. The van der Waals surface area contributed by atoms with Crippen molar-refractivity contribution in [2.75, 3.05) is 0 Å². The van der Waals surface area contributed by atoms with Crippen LogP contribution in [-0.4, -0.2) is 5.97 Å². The molecule has 2 nitrogen and oxygen atoms in total. The maximum Gasteiger partial charge on any atom is 2.00 e. The van der Waals surface area contributed by atoms with Crippen LogP contribution in [0.4, 0.5) is 0 Å². The molecule has 0 spiro atoms. The van der Waals surface area contributed by atoms with E-state index in [-0.39, 0.29) is 29.8 Å². The van der Waals surface area contributed by atoms with Gasteiger partial charge >= 0.3 is 17.4 Å². The Morgan fingerprint density at radius 2 is 1.86 bits per heavy atom. The first-order valence-electron chi connectivity index (χ1n) is 1.11. The van der Waals surface area contributed by atoms with Crippen LogP contribution >= 0.6 is 0 Å². The van der Waals surface area contributed by atoms with Crippen LogP contribution in [0.25, 0.3) is 0 Å². The molecule has 0 aliphatic heterocycles. The number of halogens is 1. The molecular weight excluding hydrogens is 155 g/mol. The third-order valence-electron chi connectivity index (χ3n) is 0.167. The van der Waals surface area contributed by atoms with E-state index < -0.39 is 5.97 Å². The van der Waals surface area contributed by atoms with Gasteiger partial charge in [0.05, 0.1) is 5.97 Å². The van der Waals surface area contributed by atoms with E-state index >= 15 is 0 Å². The second-order valence-corrected chi connectivity index (χ2v) is 0.523. The van der Waals surface area contributed by atoms with Gasteiger partial charge in [-0.05, 0) is 6.08 Å². The first-order chi connectivity index (χ1) is 2.27. The van der Waals surface area contributed by atoms with Gasteiger partial charge in [-0.2, -0.15) is 0 Å². The Morgan fingerprint density at radius 1 is 1.71 bits per heavy atom. The largest absolute Gasteiger partial charge is 2.00 e. The van der Waals surface area contributed by atoms with Crippen molar-refractivity contribution in [1.29, 1.82) is 0 Å². The van der Waals surface area contributed by atoms with Gasteiger partial charge < -0.3 is 22.3 Å². The van der Waals surface area contributed by atoms with Gasteiger partial charge in [-0.15, -0.1) is 0 Å². The molecule has 0 aliphatic rings. The third-order valence-corrected chi connectivity index (χ3v) is 0.167. The minimum Gasteiger partial charge on any atom is -1.00 e. The number of aliphatic carboxylic acids is 1. The van der Waals surface area contributed by atoms with Crippen LogP contribution in [0, 0.1) is 0 Å². The molecule has 0 saturated carbocycles. The van der Waals surface area contributed by atoms with Crippen LogP contribution < -0.4 is 17.5 Å². The zero-order chi connectivity index (χ0) is 4.28. The summed E-state index contributed by atoms with van der Waals surface area (Å²) >= 11 is 0. The summed E-state index contributed by atoms with van der Waals surface area (Å²) in [5.41, 5.74) is 0. The second kappa shape index (κ2) is 9.40. The van der Waals surface area contributed by atoms with Gasteiger partial charge in [-0.3, -0.25) is 0 Å². The minimum absolute atomic E-state index is 0. The van der Waals surface area contributed by atoms with Crippen LogP contribution in [0.15, 0.2) is 12.7 Å². The summed E-state index contributed by atoms with van der Waals surface area (Å²) < 4.78 is 0. The summed E-state index contributed by atoms with van der Waals surface area (Å²) in [6, 6.07) is 0. The molecule has 7 heavy (non-hydrogen) atoms. The maximum absolute atomic E-state index is 9.14. The molecule has 0 heterocycles. The number of rotatable bonds is 1. The Bertz CT molecular complexity index is 64.0. The molecule has 0 N–H and O–H groups in total. The summed E-state index contributed by atoms with van der Waals surface area (Å²) in [5.74, 6) is -1.23. The van der Waals surface area contributed by atoms with Crippen LogP contribution in [0.3, 0.4) is 0 Å². The molecule has 0 bridgehead atoms. The van der Waals surface area contributed by atoms with Gasteiger partial charge in [0, 0.05) is 0 Å². The van der Waals surface area contributed by atoms with Crippen molar-refractivity contribution < 1.29 is 39.7 Å². The zero-order valence-electron chi connectivity index (χ0n) is 3.39. The van der Waals surface area contributed by atoms with E-state index in [0.29, 0.717) is 0 Å². The standard InChI is InChI=1S/C3H4O2.ClH.Cr/c1-2-3(4)5;;/h2H,1H2,(H,4,5);1H;/q;;+2/p-2. The fourth-order valence-electron chi connectivity index (χ4n) is 0. The predicted octanol–water partition coefficient (Wildman–Crippen LogP) is -4.08. The Kier molecular flexibility index (Phi) is 21.1. The second-order valence-electron chi connectivity index (χ2n) is 0.523. The average molecular weight is 159 g/mol. The number of carboxylic acids is 1. The molecule has 0 aromatic heterocycles. The molecule has 0 radical (unpaired) electrons. The first-order valence-corrected chi connectivity index (χ1v) is 1.11. The smallest absolute Gasteiger partial charge is 1.00 e. The van der Waals surface area contributed by atoms with E-state index in [4.69, 9.17) is 9.90 Å². The fourth-order valence-corrected chi connectivity index (χ4v) is 0. The summed E-state index contributed by atoms with van der Waals surface area (Å²) in [6.07, 6.45) is 0.722. The number of hydrogen-bond acceptors (Lipinski definition) is 2. The SMILES string of the molecule is C=CC(=O)[O-].[Cl-].[Cr+2]. The number of carboxylic acid groups (broad SMARTS) is 1. The van der Waals surface area contributed by atoms with Crippen molar-refractivity contribution in [3.8, 4) is 0 Å². The molecular formula is C3H3ClCrO2. The molecule has 0 aromatic rings. The molecule has 0 saturated heterocycles. The normalized spacial score (nSPS) is 4.57. The van der Waals surface area contributed by atoms with E-state index in [1.165, 1.54) is 0 Å². The minimum atomic E-state index is -1.23. The van der Waals surface area contributed by atoms with Crippen molar-refractivity contribution in [2.45, 2.75) is 0 Å². The predicted molar refractivity (Wildman–Crippen MR) is 15.2 cm³/mol. The summed E-state index contributed by atoms with van der Waals surface area (Å²) in [7, 11) is 0. The van der Waals surface area contributed by atoms with Gasteiger partial charge in [-0.1, -0.05) is 6.58 Å². The van der Waals surface area contributed by atoms with Crippen molar-refractivity contribution in [3.63, 3.8) is 0 Å². The molecule has 40 valence electrons. The van der Waals surface area contributed by atoms with Crippen LogP contribution in [0.1, 0.15) is 0 Å². The van der Waals surface area contributed by atoms with Gasteiger partial charge in [0.15, 0.2) is 0 Å². The van der Waals surface area contributed by atoms with Crippen LogP contribution in [0.5, 0.6) is 0 Å². The quantitative estimate of drug-likeness (QED) is 0.364. The van der Waals surface area contributed by atoms with E-state index in [0.717, 1.165) is 6.08 Å². The Labute approximate surface area is 58.8 Å². The molecule has 0 fully saturated rings. The van der Waals surface area contributed by atoms with Crippen molar-refractivity contribution in [2.24, 2.45) is 0 Å². The molecule has 4 heteroatoms. The Morgan fingerprint density at radius 3 is 1.86 bits per heavy atom. The van der Waals surface area contributed by atoms with E-state index in [2.05, 4.69) is 6.58 Å². The van der Waals surface area contributed by atoms with E-state index in [9.17, 15) is 0 Å². The summed E-state index contributed by atoms with van der Waals surface area (Å²) in [4.78, 5) is 9.14. The fraction of sp³-hybridized carbons (Fsp3) is 0. The van der Waals surface area contributed by atoms with Crippen molar-refractivity contribution >= 4 is 5.97 Å². The molecule has 0 amide bonds. The number of hydrogen-bond donors (Lipinski definition) is 0. The van der Waals surface area contributed by atoms with Gasteiger partial charge in [-0.25, -0.2) is 0 Å². The summed E-state index contributed by atoms with van der Waals surface area (Å²) in [6.45, 7) is 2.90. The van der Waals surface area contributed by atoms with Gasteiger partial charge in [0.1, 0.15) is 0 Å². The zero-order valence-corrected chi connectivity index (χ0v) is 5.42. The monoisotopic (exact) mass is 158 g/mol. The van der Waals surface area contributed by atoms with Gasteiger partial charge in [0.2, 0.25) is 0 Å². The number of carbonyl (C=O) groups excluding carboxylic acids is 1. The topological polar surface area (TPSA) is 40.1 Å².